The number of rotatable bonds is 6. The first kappa shape index (κ1) is 17.0. The Hall–Kier alpha value is 0. The molecule has 3 atom stereocenters. The third-order valence-electron chi connectivity index (χ3n) is 4.51. The molecule has 1 aliphatic carbocycles. The first-order chi connectivity index (χ1) is 8.27. The Kier molecular flexibility index (Phi) is 11.1. The zero-order valence-electron chi connectivity index (χ0n) is 13.1. The van der Waals surface area contributed by atoms with Crippen molar-refractivity contribution in [2.75, 3.05) is 0 Å². The summed E-state index contributed by atoms with van der Waals surface area (Å²) in [6.07, 6.45) is 13.2. The molecular formula is C17H36. The van der Waals surface area contributed by atoms with Crippen molar-refractivity contribution in [1.82, 2.24) is 0 Å². The monoisotopic (exact) mass is 240 g/mol. The van der Waals surface area contributed by atoms with Gasteiger partial charge < -0.3 is 0 Å². The van der Waals surface area contributed by atoms with Crippen molar-refractivity contribution in [2.24, 2.45) is 17.8 Å². The summed E-state index contributed by atoms with van der Waals surface area (Å²) in [5.74, 6) is 3.09. The molecule has 0 N–H and O–H groups in total. The van der Waals surface area contributed by atoms with E-state index in [-0.39, 0.29) is 0 Å². The van der Waals surface area contributed by atoms with E-state index in [4.69, 9.17) is 0 Å². The molecule has 17 heavy (non-hydrogen) atoms. The smallest absolute Gasteiger partial charge is 0.0388 e. The summed E-state index contributed by atoms with van der Waals surface area (Å²) in [4.78, 5) is 0. The Bertz CT molecular complexity index is 150. The summed E-state index contributed by atoms with van der Waals surface area (Å²) in [7, 11) is 0. The zero-order chi connectivity index (χ0) is 13.1. The first-order valence-electron chi connectivity index (χ1n) is 8.27. The fourth-order valence-electron chi connectivity index (χ4n) is 3.23. The average Bonchev–Trinajstić information content (AvgIpc) is 2.38. The molecule has 0 aromatic carbocycles. The van der Waals surface area contributed by atoms with Gasteiger partial charge in [-0.1, -0.05) is 86.0 Å². The van der Waals surface area contributed by atoms with Crippen LogP contribution in [0.15, 0.2) is 0 Å². The lowest BCUT2D eigenvalue weighted by Gasteiger charge is -2.29. The largest absolute Gasteiger partial charge is 0.0683 e. The fourth-order valence-corrected chi connectivity index (χ4v) is 3.23. The Labute approximate surface area is 111 Å². The summed E-state index contributed by atoms with van der Waals surface area (Å²) in [6.45, 7) is 11.2. The molecule has 0 saturated heterocycles. The minimum absolute atomic E-state index is 1.01. The molecule has 0 aromatic rings. The summed E-state index contributed by atoms with van der Waals surface area (Å²) >= 11 is 0. The van der Waals surface area contributed by atoms with Crippen molar-refractivity contribution in [2.45, 2.75) is 92.4 Å². The van der Waals surface area contributed by atoms with Gasteiger partial charge in [0, 0.05) is 0 Å². The van der Waals surface area contributed by atoms with E-state index in [1.165, 1.54) is 57.8 Å². The van der Waals surface area contributed by atoms with Crippen LogP contribution in [-0.4, -0.2) is 0 Å². The van der Waals surface area contributed by atoms with E-state index >= 15 is 0 Å². The van der Waals surface area contributed by atoms with Gasteiger partial charge in [0.25, 0.3) is 0 Å². The van der Waals surface area contributed by atoms with E-state index in [1.807, 2.05) is 13.8 Å². The molecule has 0 spiro atoms. The summed E-state index contributed by atoms with van der Waals surface area (Å²) < 4.78 is 0. The Morgan fingerprint density at radius 1 is 1.00 bits per heavy atom. The SMILES string of the molecule is CC.CCCC(CC)CCC1CCCCC1C. The molecule has 0 aliphatic heterocycles. The second kappa shape index (κ2) is 11.1. The van der Waals surface area contributed by atoms with Crippen LogP contribution in [0.2, 0.25) is 0 Å². The van der Waals surface area contributed by atoms with E-state index in [1.54, 1.807) is 0 Å². The highest BCUT2D eigenvalue weighted by molar-refractivity contribution is 4.73. The average molecular weight is 240 g/mol. The van der Waals surface area contributed by atoms with E-state index in [9.17, 15) is 0 Å². The molecule has 0 nitrogen and oxygen atoms in total. The van der Waals surface area contributed by atoms with Gasteiger partial charge in [-0.15, -0.1) is 0 Å². The topological polar surface area (TPSA) is 0 Å². The number of hydrogen-bond donors (Lipinski definition) is 0. The van der Waals surface area contributed by atoms with Crippen LogP contribution in [0.1, 0.15) is 92.4 Å². The van der Waals surface area contributed by atoms with E-state index < -0.39 is 0 Å². The predicted octanol–water partition coefficient (Wildman–Crippen LogP) is 6.45. The van der Waals surface area contributed by atoms with Crippen LogP contribution in [0, 0.1) is 17.8 Å². The van der Waals surface area contributed by atoms with E-state index in [2.05, 4.69) is 20.8 Å². The van der Waals surface area contributed by atoms with Gasteiger partial charge >= 0.3 is 0 Å². The third-order valence-corrected chi connectivity index (χ3v) is 4.51. The quantitative estimate of drug-likeness (QED) is 0.501. The molecule has 1 fully saturated rings. The molecule has 1 saturated carbocycles. The van der Waals surface area contributed by atoms with Crippen LogP contribution in [-0.2, 0) is 0 Å². The van der Waals surface area contributed by atoms with Gasteiger partial charge in [0.05, 0.1) is 0 Å². The molecule has 0 radical (unpaired) electrons. The Balaban J connectivity index is 0.00000121. The van der Waals surface area contributed by atoms with Crippen LogP contribution in [0.5, 0.6) is 0 Å². The van der Waals surface area contributed by atoms with Gasteiger partial charge in [0.1, 0.15) is 0 Å². The normalized spacial score (nSPS) is 25.9. The minimum Gasteiger partial charge on any atom is -0.0683 e. The molecule has 1 aliphatic rings. The van der Waals surface area contributed by atoms with Gasteiger partial charge in [-0.05, 0) is 24.2 Å². The van der Waals surface area contributed by atoms with Gasteiger partial charge in [-0.2, -0.15) is 0 Å². The summed E-state index contributed by atoms with van der Waals surface area (Å²) in [5.41, 5.74) is 0. The lowest BCUT2D eigenvalue weighted by Crippen LogP contribution is -2.17. The van der Waals surface area contributed by atoms with Crippen LogP contribution < -0.4 is 0 Å². The second-order valence-corrected chi connectivity index (χ2v) is 5.66. The fraction of sp³-hybridized carbons (Fsp3) is 1.00. The van der Waals surface area contributed by atoms with Gasteiger partial charge in [0.15, 0.2) is 0 Å². The molecule has 1 rings (SSSR count). The molecule has 0 bridgehead atoms. The highest BCUT2D eigenvalue weighted by atomic mass is 14.3. The van der Waals surface area contributed by atoms with E-state index in [0.29, 0.717) is 0 Å². The van der Waals surface area contributed by atoms with Crippen LogP contribution in [0.4, 0.5) is 0 Å². The number of hydrogen-bond acceptors (Lipinski definition) is 0. The Morgan fingerprint density at radius 3 is 2.18 bits per heavy atom. The third kappa shape index (κ3) is 7.11. The Morgan fingerprint density at radius 2 is 1.65 bits per heavy atom. The maximum Gasteiger partial charge on any atom is -0.0388 e. The standard InChI is InChI=1S/C15H30.C2H6/c1-4-8-14(5-2)11-12-15-10-7-6-9-13(15)3;1-2/h13-15H,4-12H2,1-3H3;1-2H3. The maximum atomic E-state index is 2.48. The maximum absolute atomic E-state index is 2.48. The molecule has 0 amide bonds. The lowest BCUT2D eigenvalue weighted by molar-refractivity contribution is 0.222. The highest BCUT2D eigenvalue weighted by Gasteiger charge is 2.21. The van der Waals surface area contributed by atoms with Crippen molar-refractivity contribution in [1.29, 1.82) is 0 Å². The van der Waals surface area contributed by atoms with Crippen molar-refractivity contribution < 1.29 is 0 Å². The lowest BCUT2D eigenvalue weighted by atomic mass is 9.76. The molecule has 3 unspecified atom stereocenters. The molecule has 0 heterocycles. The van der Waals surface area contributed by atoms with Crippen molar-refractivity contribution >= 4 is 0 Å². The van der Waals surface area contributed by atoms with Crippen molar-refractivity contribution in [3.05, 3.63) is 0 Å². The molecular weight excluding hydrogens is 204 g/mol. The van der Waals surface area contributed by atoms with Gasteiger partial charge in [-0.25, -0.2) is 0 Å². The van der Waals surface area contributed by atoms with Crippen LogP contribution in [0.25, 0.3) is 0 Å². The minimum atomic E-state index is 1.01. The highest BCUT2D eigenvalue weighted by Crippen LogP contribution is 2.34. The van der Waals surface area contributed by atoms with Gasteiger partial charge in [0.2, 0.25) is 0 Å². The second-order valence-electron chi connectivity index (χ2n) is 5.66. The predicted molar refractivity (Wildman–Crippen MR) is 80.4 cm³/mol. The first-order valence-corrected chi connectivity index (χ1v) is 8.27. The van der Waals surface area contributed by atoms with Crippen molar-refractivity contribution in [3.63, 3.8) is 0 Å². The summed E-state index contributed by atoms with van der Waals surface area (Å²) in [6, 6.07) is 0. The van der Waals surface area contributed by atoms with Crippen LogP contribution >= 0.6 is 0 Å². The molecule has 104 valence electrons. The van der Waals surface area contributed by atoms with Crippen molar-refractivity contribution in [3.8, 4) is 0 Å². The zero-order valence-corrected chi connectivity index (χ0v) is 13.1. The molecule has 0 heteroatoms. The van der Waals surface area contributed by atoms with Gasteiger partial charge in [-0.3, -0.25) is 0 Å². The van der Waals surface area contributed by atoms with Crippen LogP contribution in [0.3, 0.4) is 0 Å². The summed E-state index contributed by atoms with van der Waals surface area (Å²) in [5, 5.41) is 0. The van der Waals surface area contributed by atoms with E-state index in [0.717, 1.165) is 17.8 Å². The molecule has 0 aromatic heterocycles.